The molecule has 0 spiro atoms. The van der Waals surface area contributed by atoms with Crippen LogP contribution in [0.15, 0.2) is 24.5 Å². The van der Waals surface area contributed by atoms with Gasteiger partial charge in [-0.25, -0.2) is 4.98 Å². The van der Waals surface area contributed by atoms with E-state index >= 15 is 0 Å². The van der Waals surface area contributed by atoms with Crippen molar-refractivity contribution in [1.29, 1.82) is 0 Å². The topological polar surface area (TPSA) is 34.0 Å². The molecule has 0 radical (unpaired) electrons. The average molecular weight is 279 g/mol. The van der Waals surface area contributed by atoms with Gasteiger partial charge < -0.3 is 4.90 Å². The van der Waals surface area contributed by atoms with Crippen molar-refractivity contribution in [2.24, 2.45) is 7.05 Å². The molecule has 19 heavy (non-hydrogen) atoms. The molecule has 0 N–H and O–H groups in total. The Labute approximate surface area is 119 Å². The van der Waals surface area contributed by atoms with Crippen molar-refractivity contribution < 1.29 is 0 Å². The largest absolute Gasteiger partial charge is 0.355 e. The third kappa shape index (κ3) is 3.47. The molecule has 2 aromatic rings. The molecule has 0 unspecified atom stereocenters. The van der Waals surface area contributed by atoms with Crippen molar-refractivity contribution in [3.05, 3.63) is 41.3 Å². The monoisotopic (exact) mass is 278 g/mol. The maximum Gasteiger partial charge on any atom is 0.129 e. The molecule has 102 valence electrons. The quantitative estimate of drug-likeness (QED) is 0.789. The van der Waals surface area contributed by atoms with Crippen molar-refractivity contribution in [3.63, 3.8) is 0 Å². The summed E-state index contributed by atoms with van der Waals surface area (Å²) in [5.74, 6) is 1.47. The second-order valence-corrected chi connectivity index (χ2v) is 4.96. The summed E-state index contributed by atoms with van der Waals surface area (Å²) in [6, 6.07) is 4.11. The molecule has 0 aliphatic heterocycles. The van der Waals surface area contributed by atoms with E-state index in [0.717, 1.165) is 30.0 Å². The highest BCUT2D eigenvalue weighted by Gasteiger charge is 2.08. The predicted molar refractivity (Wildman–Crippen MR) is 78.5 cm³/mol. The highest BCUT2D eigenvalue weighted by Crippen LogP contribution is 2.18. The van der Waals surface area contributed by atoms with Crippen LogP contribution in [0.1, 0.15) is 23.7 Å². The van der Waals surface area contributed by atoms with E-state index in [-0.39, 0.29) is 0 Å². The Balaban J connectivity index is 2.20. The third-order valence-corrected chi connectivity index (χ3v) is 3.32. The molecule has 0 saturated carbocycles. The molecule has 5 heteroatoms. The van der Waals surface area contributed by atoms with Crippen LogP contribution in [-0.4, -0.2) is 21.8 Å². The molecule has 0 fully saturated rings. The van der Waals surface area contributed by atoms with Gasteiger partial charge in [0.15, 0.2) is 0 Å². The van der Waals surface area contributed by atoms with Crippen LogP contribution in [0.25, 0.3) is 0 Å². The lowest BCUT2D eigenvalue weighted by Crippen LogP contribution is -2.18. The molecule has 0 atom stereocenters. The molecule has 0 bridgehead atoms. The number of aromatic nitrogens is 3. The predicted octanol–water partition coefficient (Wildman–Crippen LogP) is 2.75. The van der Waals surface area contributed by atoms with Gasteiger partial charge in [-0.3, -0.25) is 4.68 Å². The number of hydrogen-bond acceptors (Lipinski definition) is 3. The van der Waals surface area contributed by atoms with E-state index in [1.54, 1.807) is 0 Å². The Bertz CT molecular complexity index is 528. The first kappa shape index (κ1) is 13.9. The van der Waals surface area contributed by atoms with Gasteiger partial charge in [-0.05, 0) is 24.1 Å². The second kappa shape index (κ2) is 6.06. The van der Waals surface area contributed by atoms with Crippen LogP contribution in [0.2, 0.25) is 0 Å². The van der Waals surface area contributed by atoms with Gasteiger partial charge in [-0.2, -0.15) is 5.10 Å². The van der Waals surface area contributed by atoms with Gasteiger partial charge in [-0.15, -0.1) is 11.6 Å². The Morgan fingerprint density at radius 2 is 2.11 bits per heavy atom. The minimum Gasteiger partial charge on any atom is -0.355 e. The number of nitrogens with zero attached hydrogens (tertiary/aromatic N) is 4. The number of rotatable bonds is 5. The van der Waals surface area contributed by atoms with E-state index in [1.807, 2.05) is 37.2 Å². The lowest BCUT2D eigenvalue weighted by Gasteiger charge is -2.19. The van der Waals surface area contributed by atoms with E-state index in [2.05, 4.69) is 28.0 Å². The summed E-state index contributed by atoms with van der Waals surface area (Å²) in [6.07, 6.45) is 4.81. The lowest BCUT2D eigenvalue weighted by molar-refractivity contribution is 0.766. The summed E-state index contributed by atoms with van der Waals surface area (Å²) in [5, 5.41) is 4.18. The minimum absolute atomic E-state index is 0.517. The number of hydrogen-bond donors (Lipinski definition) is 0. The fourth-order valence-corrected chi connectivity index (χ4v) is 2.15. The van der Waals surface area contributed by atoms with E-state index in [1.165, 1.54) is 5.56 Å². The first-order chi connectivity index (χ1) is 9.12. The summed E-state index contributed by atoms with van der Waals surface area (Å²) >= 11 is 5.94. The van der Waals surface area contributed by atoms with Crippen molar-refractivity contribution in [2.75, 3.05) is 11.9 Å². The zero-order valence-corrected chi connectivity index (χ0v) is 12.4. The van der Waals surface area contributed by atoms with Crippen molar-refractivity contribution in [2.45, 2.75) is 25.8 Å². The molecular weight excluding hydrogens is 260 g/mol. The normalized spacial score (nSPS) is 10.7. The van der Waals surface area contributed by atoms with Crippen LogP contribution in [0, 0.1) is 0 Å². The maximum absolute atomic E-state index is 5.94. The molecule has 0 aliphatic carbocycles. The van der Waals surface area contributed by atoms with Crippen molar-refractivity contribution in [3.8, 4) is 0 Å². The van der Waals surface area contributed by atoms with Crippen LogP contribution in [-0.2, 0) is 25.9 Å². The van der Waals surface area contributed by atoms with Crippen LogP contribution in [0.5, 0.6) is 0 Å². The number of anilines is 1. The first-order valence-corrected chi connectivity index (χ1v) is 6.90. The number of alkyl halides is 1. The highest BCUT2D eigenvalue weighted by molar-refractivity contribution is 6.17. The Kier molecular flexibility index (Phi) is 4.43. The molecule has 0 amide bonds. The van der Waals surface area contributed by atoms with Gasteiger partial charge in [0.05, 0.1) is 6.20 Å². The summed E-state index contributed by atoms with van der Waals surface area (Å²) in [6.45, 7) is 2.89. The summed E-state index contributed by atoms with van der Waals surface area (Å²) < 4.78 is 1.81. The van der Waals surface area contributed by atoms with Crippen LogP contribution >= 0.6 is 11.6 Å². The molecule has 0 aromatic carbocycles. The van der Waals surface area contributed by atoms with Crippen LogP contribution in [0.4, 0.5) is 5.82 Å². The second-order valence-electron chi connectivity index (χ2n) is 4.69. The standard InChI is InChI=1S/C14H19ClN4/c1-4-13-5-11(7-15)6-14(17-13)18(2)9-12-8-16-19(3)10-12/h5-6,8,10H,4,7,9H2,1-3H3. The first-order valence-electron chi connectivity index (χ1n) is 6.36. The molecule has 4 nitrogen and oxygen atoms in total. The Hall–Kier alpha value is -1.55. The van der Waals surface area contributed by atoms with Crippen LogP contribution in [0.3, 0.4) is 0 Å². The van der Waals surface area contributed by atoms with Gasteiger partial charge in [0.1, 0.15) is 5.82 Å². The molecule has 0 saturated heterocycles. The zero-order valence-electron chi connectivity index (χ0n) is 11.6. The van der Waals surface area contributed by atoms with Gasteiger partial charge in [0, 0.05) is 44.0 Å². The molecule has 2 rings (SSSR count). The summed E-state index contributed by atoms with van der Waals surface area (Å²) in [4.78, 5) is 6.76. The third-order valence-electron chi connectivity index (χ3n) is 3.01. The van der Waals surface area contributed by atoms with Gasteiger partial charge in [-0.1, -0.05) is 6.92 Å². The van der Waals surface area contributed by atoms with E-state index in [9.17, 15) is 0 Å². The summed E-state index contributed by atoms with van der Waals surface area (Å²) in [7, 11) is 3.96. The fraction of sp³-hybridized carbons (Fsp3) is 0.429. The molecular formula is C14H19ClN4. The van der Waals surface area contributed by atoms with E-state index in [4.69, 9.17) is 11.6 Å². The fourth-order valence-electron chi connectivity index (χ4n) is 2.00. The SMILES string of the molecule is CCc1cc(CCl)cc(N(C)Cc2cnn(C)c2)n1. The molecule has 0 aliphatic rings. The maximum atomic E-state index is 5.94. The minimum atomic E-state index is 0.517. The van der Waals surface area contributed by atoms with Crippen molar-refractivity contribution >= 4 is 17.4 Å². The van der Waals surface area contributed by atoms with Crippen molar-refractivity contribution in [1.82, 2.24) is 14.8 Å². The van der Waals surface area contributed by atoms with Gasteiger partial charge in [0.25, 0.3) is 0 Å². The zero-order chi connectivity index (χ0) is 13.8. The molecule has 2 heterocycles. The number of aryl methyl sites for hydroxylation is 2. The Morgan fingerprint density at radius 3 is 2.68 bits per heavy atom. The lowest BCUT2D eigenvalue weighted by atomic mass is 10.2. The Morgan fingerprint density at radius 1 is 1.32 bits per heavy atom. The highest BCUT2D eigenvalue weighted by atomic mass is 35.5. The van der Waals surface area contributed by atoms with E-state index < -0.39 is 0 Å². The average Bonchev–Trinajstić information content (AvgIpc) is 2.83. The van der Waals surface area contributed by atoms with Crippen LogP contribution < -0.4 is 4.90 Å². The van der Waals surface area contributed by atoms with Gasteiger partial charge in [0.2, 0.25) is 0 Å². The van der Waals surface area contributed by atoms with Gasteiger partial charge >= 0.3 is 0 Å². The van der Waals surface area contributed by atoms with E-state index in [0.29, 0.717) is 5.88 Å². The number of halogens is 1. The number of pyridine rings is 1. The smallest absolute Gasteiger partial charge is 0.129 e. The molecule has 2 aromatic heterocycles. The summed E-state index contributed by atoms with van der Waals surface area (Å²) in [5.41, 5.74) is 3.36.